The summed E-state index contributed by atoms with van der Waals surface area (Å²) in [6, 6.07) is 10.0. The number of carbonyl (C=O) groups excluding carboxylic acids is 1. The molecule has 2 unspecified atom stereocenters. The molecule has 0 radical (unpaired) electrons. The molecule has 0 aliphatic carbocycles. The summed E-state index contributed by atoms with van der Waals surface area (Å²) >= 11 is 0. The molecule has 2 N–H and O–H groups in total. The first-order valence-corrected chi connectivity index (χ1v) is 9.10. The minimum atomic E-state index is -0.121. The fraction of sp³-hybridized carbons (Fsp3) is 0.474. The van der Waals surface area contributed by atoms with Crippen LogP contribution in [0.25, 0.3) is 0 Å². The third-order valence-corrected chi connectivity index (χ3v) is 4.98. The number of carbonyl (C=O) groups is 1. The second-order valence-corrected chi connectivity index (χ2v) is 6.74. The van der Waals surface area contributed by atoms with Gasteiger partial charge < -0.3 is 15.4 Å². The lowest BCUT2D eigenvalue weighted by Gasteiger charge is -2.23. The molecule has 2 aromatic rings. The largest absolute Gasteiger partial charge is 0.493 e. The summed E-state index contributed by atoms with van der Waals surface area (Å²) < 4.78 is 7.69. The number of fused-ring (bicyclic) bond motifs is 1. The van der Waals surface area contributed by atoms with Crippen molar-refractivity contribution in [3.63, 3.8) is 0 Å². The molecule has 1 saturated heterocycles. The summed E-state index contributed by atoms with van der Waals surface area (Å²) in [6.07, 6.45) is 5.95. The van der Waals surface area contributed by atoms with E-state index < -0.39 is 0 Å². The number of nitrogens with zero attached hydrogens (tertiary/aromatic N) is 2. The Morgan fingerprint density at radius 1 is 1.24 bits per heavy atom. The minimum Gasteiger partial charge on any atom is -0.493 e. The topological polar surface area (TPSA) is 68.2 Å². The molecule has 1 amide bonds. The van der Waals surface area contributed by atoms with Crippen LogP contribution in [0.4, 0.5) is 0 Å². The maximum absolute atomic E-state index is 12.7. The van der Waals surface area contributed by atoms with E-state index in [4.69, 9.17) is 4.74 Å². The van der Waals surface area contributed by atoms with Gasteiger partial charge in [-0.1, -0.05) is 18.2 Å². The maximum Gasteiger partial charge on any atom is 0.272 e. The highest BCUT2D eigenvalue weighted by atomic mass is 16.5. The van der Waals surface area contributed by atoms with Gasteiger partial charge in [0.15, 0.2) is 0 Å². The standard InChI is InChI=1S/C19H24N4O2/c24-19(17-9-11-23(22-17)14-5-3-10-20-13-14)21-16-7-4-12-25-18-8-2-1-6-15(16)18/h1-2,6,8-9,11,14,16,20H,3-5,7,10,12-13H2,(H,21,24). The maximum atomic E-state index is 12.7. The molecule has 6 nitrogen and oxygen atoms in total. The summed E-state index contributed by atoms with van der Waals surface area (Å²) in [5.74, 6) is 0.744. The molecule has 0 spiro atoms. The van der Waals surface area contributed by atoms with E-state index in [1.807, 2.05) is 41.2 Å². The molecular formula is C19H24N4O2. The van der Waals surface area contributed by atoms with E-state index in [0.717, 1.165) is 50.1 Å². The van der Waals surface area contributed by atoms with Crippen LogP contribution in [0.2, 0.25) is 0 Å². The molecular weight excluding hydrogens is 316 g/mol. The Morgan fingerprint density at radius 2 is 2.16 bits per heavy atom. The number of piperidine rings is 1. The van der Waals surface area contributed by atoms with E-state index in [1.54, 1.807) is 0 Å². The Hall–Kier alpha value is -2.34. The van der Waals surface area contributed by atoms with E-state index in [9.17, 15) is 4.79 Å². The van der Waals surface area contributed by atoms with Crippen molar-refractivity contribution in [1.29, 1.82) is 0 Å². The van der Waals surface area contributed by atoms with Crippen LogP contribution in [0.3, 0.4) is 0 Å². The Bertz CT molecular complexity index is 737. The Kier molecular flexibility index (Phi) is 4.70. The van der Waals surface area contributed by atoms with Crippen LogP contribution < -0.4 is 15.4 Å². The molecule has 1 aromatic heterocycles. The quantitative estimate of drug-likeness (QED) is 0.901. The first-order valence-electron chi connectivity index (χ1n) is 9.10. The van der Waals surface area contributed by atoms with Crippen LogP contribution in [-0.2, 0) is 0 Å². The minimum absolute atomic E-state index is 0.0345. The van der Waals surface area contributed by atoms with Gasteiger partial charge in [0, 0.05) is 18.3 Å². The average molecular weight is 340 g/mol. The number of para-hydroxylation sites is 1. The van der Waals surface area contributed by atoms with Crippen molar-refractivity contribution < 1.29 is 9.53 Å². The summed E-state index contributed by atoms with van der Waals surface area (Å²) in [5, 5.41) is 11.0. The van der Waals surface area contributed by atoms with Crippen molar-refractivity contribution in [2.24, 2.45) is 0 Å². The molecule has 132 valence electrons. The van der Waals surface area contributed by atoms with Gasteiger partial charge in [0.05, 0.1) is 18.7 Å². The van der Waals surface area contributed by atoms with Crippen molar-refractivity contribution in [2.75, 3.05) is 19.7 Å². The van der Waals surface area contributed by atoms with Crippen molar-refractivity contribution in [1.82, 2.24) is 20.4 Å². The molecule has 4 rings (SSSR count). The highest BCUT2D eigenvalue weighted by molar-refractivity contribution is 5.92. The number of ether oxygens (including phenoxy) is 1. The van der Waals surface area contributed by atoms with E-state index >= 15 is 0 Å². The van der Waals surface area contributed by atoms with Crippen molar-refractivity contribution >= 4 is 5.91 Å². The first kappa shape index (κ1) is 16.1. The van der Waals surface area contributed by atoms with Crippen molar-refractivity contribution in [2.45, 2.75) is 37.8 Å². The second kappa shape index (κ2) is 7.27. The number of hydrogen-bond donors (Lipinski definition) is 2. The smallest absolute Gasteiger partial charge is 0.272 e. The van der Waals surface area contributed by atoms with Gasteiger partial charge in [-0.3, -0.25) is 9.48 Å². The van der Waals surface area contributed by atoms with Gasteiger partial charge in [-0.15, -0.1) is 0 Å². The lowest BCUT2D eigenvalue weighted by atomic mass is 10.0. The molecule has 6 heteroatoms. The van der Waals surface area contributed by atoms with Crippen LogP contribution in [0.15, 0.2) is 36.5 Å². The molecule has 2 aliphatic heterocycles. The lowest BCUT2D eigenvalue weighted by molar-refractivity contribution is 0.0928. The van der Waals surface area contributed by atoms with Gasteiger partial charge >= 0.3 is 0 Å². The molecule has 1 aromatic carbocycles. The van der Waals surface area contributed by atoms with Crippen LogP contribution >= 0.6 is 0 Å². The van der Waals surface area contributed by atoms with Gasteiger partial charge in [0.2, 0.25) is 0 Å². The number of aromatic nitrogens is 2. The Labute approximate surface area is 147 Å². The van der Waals surface area contributed by atoms with Crippen LogP contribution in [0.1, 0.15) is 53.8 Å². The summed E-state index contributed by atoms with van der Waals surface area (Å²) in [7, 11) is 0. The lowest BCUT2D eigenvalue weighted by Crippen LogP contribution is -2.32. The Balaban J connectivity index is 1.48. The average Bonchev–Trinajstić information content (AvgIpc) is 3.07. The zero-order chi connectivity index (χ0) is 17.1. The summed E-state index contributed by atoms with van der Waals surface area (Å²) in [5.41, 5.74) is 1.53. The van der Waals surface area contributed by atoms with Gasteiger partial charge in [-0.05, 0) is 44.4 Å². The molecule has 0 saturated carbocycles. The van der Waals surface area contributed by atoms with E-state index in [0.29, 0.717) is 18.3 Å². The van der Waals surface area contributed by atoms with Gasteiger partial charge in [-0.25, -0.2) is 0 Å². The monoisotopic (exact) mass is 340 g/mol. The van der Waals surface area contributed by atoms with Gasteiger partial charge in [0.25, 0.3) is 5.91 Å². The fourth-order valence-electron chi connectivity index (χ4n) is 3.63. The van der Waals surface area contributed by atoms with Crippen LogP contribution in [-0.4, -0.2) is 35.4 Å². The predicted molar refractivity (Wildman–Crippen MR) is 94.7 cm³/mol. The predicted octanol–water partition coefficient (Wildman–Crippen LogP) is 2.45. The number of amides is 1. The van der Waals surface area contributed by atoms with Crippen molar-refractivity contribution in [3.8, 4) is 5.75 Å². The number of nitrogens with one attached hydrogen (secondary N) is 2. The fourth-order valence-corrected chi connectivity index (χ4v) is 3.63. The van der Waals surface area contributed by atoms with E-state index in [-0.39, 0.29) is 11.9 Å². The van der Waals surface area contributed by atoms with E-state index in [1.165, 1.54) is 0 Å². The first-order chi connectivity index (χ1) is 12.3. The normalized spacial score (nSPS) is 23.2. The third-order valence-electron chi connectivity index (χ3n) is 4.98. The summed E-state index contributed by atoms with van der Waals surface area (Å²) in [4.78, 5) is 12.7. The molecule has 0 bridgehead atoms. The van der Waals surface area contributed by atoms with Gasteiger partial charge in [-0.2, -0.15) is 5.10 Å². The third kappa shape index (κ3) is 3.54. The Morgan fingerprint density at radius 3 is 3.04 bits per heavy atom. The number of benzene rings is 1. The van der Waals surface area contributed by atoms with Crippen molar-refractivity contribution in [3.05, 3.63) is 47.8 Å². The molecule has 2 atom stereocenters. The summed E-state index contributed by atoms with van der Waals surface area (Å²) in [6.45, 7) is 2.66. The van der Waals surface area contributed by atoms with Crippen LogP contribution in [0, 0.1) is 0 Å². The SMILES string of the molecule is O=C(NC1CCCOc2ccccc21)c1ccn(C2CCCNC2)n1. The number of rotatable bonds is 3. The zero-order valence-corrected chi connectivity index (χ0v) is 14.3. The molecule has 25 heavy (non-hydrogen) atoms. The molecule has 1 fully saturated rings. The molecule has 3 heterocycles. The van der Waals surface area contributed by atoms with Crippen LogP contribution in [0.5, 0.6) is 5.75 Å². The highest BCUT2D eigenvalue weighted by Crippen LogP contribution is 2.31. The van der Waals surface area contributed by atoms with Gasteiger partial charge in [0.1, 0.15) is 11.4 Å². The zero-order valence-electron chi connectivity index (χ0n) is 14.3. The second-order valence-electron chi connectivity index (χ2n) is 6.74. The number of hydrogen-bond acceptors (Lipinski definition) is 4. The highest BCUT2D eigenvalue weighted by Gasteiger charge is 2.23. The molecule has 2 aliphatic rings. The van der Waals surface area contributed by atoms with E-state index in [2.05, 4.69) is 15.7 Å².